The van der Waals surface area contributed by atoms with E-state index in [-0.39, 0.29) is 25.8 Å². The first-order valence-corrected chi connectivity index (χ1v) is 6.39. The monoisotopic (exact) mass is 279 g/mol. The Morgan fingerprint density at radius 3 is 2.75 bits per heavy atom. The van der Waals surface area contributed by atoms with Crippen LogP contribution in [0.3, 0.4) is 0 Å². The van der Waals surface area contributed by atoms with Crippen LogP contribution in [0.1, 0.15) is 12.5 Å². The van der Waals surface area contributed by atoms with E-state index in [0.29, 0.717) is 0 Å². The summed E-state index contributed by atoms with van der Waals surface area (Å²) >= 11 is 0. The quantitative estimate of drug-likeness (QED) is 0.907. The van der Waals surface area contributed by atoms with Crippen LogP contribution in [-0.4, -0.2) is 47.4 Å². The van der Waals surface area contributed by atoms with Crippen LogP contribution in [0.25, 0.3) is 0 Å². The second-order valence-corrected chi connectivity index (χ2v) is 4.70. The second-order valence-electron chi connectivity index (χ2n) is 4.70. The minimum Gasteiger partial charge on any atom is -0.479 e. The Morgan fingerprint density at radius 2 is 2.10 bits per heavy atom. The molecule has 20 heavy (non-hydrogen) atoms. The number of amides is 1. The molecule has 0 unspecified atom stereocenters. The molecule has 1 N–H and O–H groups in total. The summed E-state index contributed by atoms with van der Waals surface area (Å²) in [5, 5.41) is 8.93. The minimum absolute atomic E-state index is 0.00409. The summed E-state index contributed by atoms with van der Waals surface area (Å²) in [4.78, 5) is 24.3. The molecule has 2 atom stereocenters. The van der Waals surface area contributed by atoms with Crippen molar-refractivity contribution in [1.82, 2.24) is 4.90 Å². The lowest BCUT2D eigenvalue weighted by Gasteiger charge is -2.35. The van der Waals surface area contributed by atoms with E-state index in [1.165, 1.54) is 4.90 Å². The van der Waals surface area contributed by atoms with Crippen molar-refractivity contribution in [3.8, 4) is 0 Å². The highest BCUT2D eigenvalue weighted by Crippen LogP contribution is 2.14. The first-order valence-electron chi connectivity index (χ1n) is 6.39. The molecular weight excluding hydrogens is 262 g/mol. The third-order valence-electron chi connectivity index (χ3n) is 3.15. The highest BCUT2D eigenvalue weighted by molar-refractivity contribution is 5.75. The summed E-state index contributed by atoms with van der Waals surface area (Å²) in [7, 11) is 0. The number of aliphatic carboxylic acids is 1. The number of rotatable bonds is 3. The van der Waals surface area contributed by atoms with Crippen molar-refractivity contribution in [1.29, 1.82) is 0 Å². The molecule has 0 saturated carbocycles. The van der Waals surface area contributed by atoms with Gasteiger partial charge in [0.2, 0.25) is 0 Å². The first kappa shape index (κ1) is 14.3. The van der Waals surface area contributed by atoms with E-state index >= 15 is 0 Å². The predicted molar refractivity (Wildman–Crippen MR) is 70.2 cm³/mol. The van der Waals surface area contributed by atoms with Gasteiger partial charge in [0.1, 0.15) is 6.61 Å². The summed E-state index contributed by atoms with van der Waals surface area (Å²) in [5.74, 6) is -1.07. The average Bonchev–Trinajstić information content (AvgIpc) is 2.46. The van der Waals surface area contributed by atoms with E-state index in [4.69, 9.17) is 14.6 Å². The molecule has 0 aliphatic carbocycles. The zero-order valence-corrected chi connectivity index (χ0v) is 11.2. The molecule has 1 aromatic carbocycles. The maximum absolute atomic E-state index is 12.0. The van der Waals surface area contributed by atoms with Crippen LogP contribution in [0.15, 0.2) is 30.3 Å². The summed E-state index contributed by atoms with van der Waals surface area (Å²) in [6, 6.07) is 9.12. The van der Waals surface area contributed by atoms with Gasteiger partial charge in [0, 0.05) is 0 Å². The van der Waals surface area contributed by atoms with Crippen LogP contribution in [0.4, 0.5) is 4.79 Å². The Morgan fingerprint density at radius 1 is 1.40 bits per heavy atom. The molecule has 0 spiro atoms. The number of ether oxygens (including phenoxy) is 2. The Balaban J connectivity index is 1.91. The smallest absolute Gasteiger partial charge is 0.410 e. The number of hydrogen-bond donors (Lipinski definition) is 1. The standard InChI is InChI=1S/C14H17NO5/c1-10-8-19-12(13(16)17)7-15(10)14(18)20-9-11-5-3-2-4-6-11/h2-6,10,12H,7-9H2,1H3,(H,16,17)/t10-,12-/m0/s1. The van der Waals surface area contributed by atoms with E-state index in [1.807, 2.05) is 30.3 Å². The Labute approximate surface area is 116 Å². The van der Waals surface area contributed by atoms with E-state index < -0.39 is 18.2 Å². The van der Waals surface area contributed by atoms with Gasteiger partial charge in [-0.2, -0.15) is 0 Å². The molecule has 1 amide bonds. The van der Waals surface area contributed by atoms with Gasteiger partial charge < -0.3 is 14.6 Å². The second kappa shape index (κ2) is 6.38. The largest absolute Gasteiger partial charge is 0.479 e. The van der Waals surface area contributed by atoms with Crippen LogP contribution in [0.5, 0.6) is 0 Å². The third-order valence-corrected chi connectivity index (χ3v) is 3.15. The van der Waals surface area contributed by atoms with Gasteiger partial charge in [0.25, 0.3) is 0 Å². The number of benzene rings is 1. The molecule has 1 aliphatic heterocycles. The van der Waals surface area contributed by atoms with Gasteiger partial charge in [-0.3, -0.25) is 4.90 Å². The first-order chi connectivity index (χ1) is 9.58. The highest BCUT2D eigenvalue weighted by atomic mass is 16.6. The van der Waals surface area contributed by atoms with Crippen LogP contribution in [0, 0.1) is 0 Å². The molecule has 1 aliphatic rings. The fourth-order valence-corrected chi connectivity index (χ4v) is 1.96. The van der Waals surface area contributed by atoms with Crippen LogP contribution in [-0.2, 0) is 20.9 Å². The van der Waals surface area contributed by atoms with Gasteiger partial charge in [-0.15, -0.1) is 0 Å². The van der Waals surface area contributed by atoms with Crippen molar-refractivity contribution in [3.63, 3.8) is 0 Å². The van der Waals surface area contributed by atoms with E-state index in [1.54, 1.807) is 6.92 Å². The number of hydrogen-bond acceptors (Lipinski definition) is 4. The Hall–Kier alpha value is -2.08. The zero-order chi connectivity index (χ0) is 14.5. The van der Waals surface area contributed by atoms with E-state index in [0.717, 1.165) is 5.56 Å². The molecule has 1 fully saturated rings. The molecule has 1 aromatic rings. The molecular formula is C14H17NO5. The molecule has 0 aromatic heterocycles. The number of carboxylic acids is 1. The van der Waals surface area contributed by atoms with Crippen molar-refractivity contribution in [2.75, 3.05) is 13.2 Å². The zero-order valence-electron chi connectivity index (χ0n) is 11.2. The lowest BCUT2D eigenvalue weighted by Crippen LogP contribution is -2.53. The molecule has 6 heteroatoms. The predicted octanol–water partition coefficient (Wildman–Crippen LogP) is 1.50. The van der Waals surface area contributed by atoms with Crippen molar-refractivity contribution in [3.05, 3.63) is 35.9 Å². The van der Waals surface area contributed by atoms with Crippen molar-refractivity contribution >= 4 is 12.1 Å². The number of morpholine rings is 1. The maximum Gasteiger partial charge on any atom is 0.410 e. The average molecular weight is 279 g/mol. The Bertz CT molecular complexity index is 476. The van der Waals surface area contributed by atoms with Gasteiger partial charge in [-0.25, -0.2) is 9.59 Å². The topological polar surface area (TPSA) is 76.1 Å². The number of carboxylic acid groups (broad SMARTS) is 1. The lowest BCUT2D eigenvalue weighted by atomic mass is 10.2. The van der Waals surface area contributed by atoms with Crippen LogP contribution in [0.2, 0.25) is 0 Å². The maximum atomic E-state index is 12.0. The molecule has 2 rings (SSSR count). The molecule has 0 radical (unpaired) electrons. The number of carbonyl (C=O) groups excluding carboxylic acids is 1. The lowest BCUT2D eigenvalue weighted by molar-refractivity contribution is -0.157. The Kier molecular flexibility index (Phi) is 4.57. The summed E-state index contributed by atoms with van der Waals surface area (Å²) in [6.45, 7) is 2.16. The van der Waals surface area contributed by atoms with Gasteiger partial charge in [-0.1, -0.05) is 30.3 Å². The number of carbonyl (C=O) groups is 2. The van der Waals surface area contributed by atoms with E-state index in [2.05, 4.69) is 0 Å². The highest BCUT2D eigenvalue weighted by Gasteiger charge is 2.34. The summed E-state index contributed by atoms with van der Waals surface area (Å²) in [6.07, 6.45) is -1.51. The SMILES string of the molecule is C[C@H]1CO[C@H](C(=O)O)CN1C(=O)OCc1ccccc1. The molecule has 6 nitrogen and oxygen atoms in total. The van der Waals surface area contributed by atoms with Crippen molar-refractivity contribution in [2.45, 2.75) is 25.7 Å². The van der Waals surface area contributed by atoms with Gasteiger partial charge in [0.05, 0.1) is 19.2 Å². The van der Waals surface area contributed by atoms with Crippen LogP contribution < -0.4 is 0 Å². The minimum atomic E-state index is -1.07. The summed E-state index contributed by atoms with van der Waals surface area (Å²) < 4.78 is 10.4. The normalized spacial score (nSPS) is 22.4. The summed E-state index contributed by atoms with van der Waals surface area (Å²) in [5.41, 5.74) is 0.886. The third kappa shape index (κ3) is 3.48. The molecule has 1 heterocycles. The number of nitrogens with zero attached hydrogens (tertiary/aromatic N) is 1. The fourth-order valence-electron chi connectivity index (χ4n) is 1.96. The van der Waals surface area contributed by atoms with Gasteiger partial charge in [-0.05, 0) is 12.5 Å². The van der Waals surface area contributed by atoms with Crippen molar-refractivity contribution < 1.29 is 24.2 Å². The van der Waals surface area contributed by atoms with E-state index in [9.17, 15) is 9.59 Å². The van der Waals surface area contributed by atoms with Crippen molar-refractivity contribution in [2.24, 2.45) is 0 Å². The molecule has 0 bridgehead atoms. The molecule has 1 saturated heterocycles. The van der Waals surface area contributed by atoms with Gasteiger partial charge in [0.15, 0.2) is 6.10 Å². The molecule has 108 valence electrons. The van der Waals surface area contributed by atoms with Gasteiger partial charge >= 0.3 is 12.1 Å². The van der Waals surface area contributed by atoms with Crippen LogP contribution >= 0.6 is 0 Å². The fraction of sp³-hybridized carbons (Fsp3) is 0.429.